The molecule has 0 aliphatic carbocycles. The van der Waals surface area contributed by atoms with Crippen LogP contribution in [0.15, 0.2) is 34.2 Å². The molecular formula is C13H10BrF3N2O2S. The molecule has 2 heterocycles. The number of ether oxygens (including phenoxy) is 1. The molecule has 0 fully saturated rings. The van der Waals surface area contributed by atoms with Crippen LogP contribution in [0.3, 0.4) is 0 Å². The van der Waals surface area contributed by atoms with Crippen molar-refractivity contribution in [2.45, 2.75) is 12.7 Å². The minimum atomic E-state index is -4.42. The van der Waals surface area contributed by atoms with Crippen molar-refractivity contribution in [3.8, 4) is 5.88 Å². The maximum atomic E-state index is 12.1. The number of hydrogen-bond acceptors (Lipinski definition) is 4. The maximum absolute atomic E-state index is 12.1. The zero-order chi connectivity index (χ0) is 16.2. The summed E-state index contributed by atoms with van der Waals surface area (Å²) in [7, 11) is 0. The number of rotatable bonds is 5. The molecule has 0 atom stereocenters. The Labute approximate surface area is 136 Å². The molecule has 22 heavy (non-hydrogen) atoms. The number of alkyl halides is 3. The highest BCUT2D eigenvalue weighted by Crippen LogP contribution is 2.22. The zero-order valence-electron chi connectivity index (χ0n) is 11.0. The van der Waals surface area contributed by atoms with Crippen molar-refractivity contribution in [2.75, 3.05) is 6.61 Å². The first kappa shape index (κ1) is 16.8. The Morgan fingerprint density at radius 3 is 2.77 bits per heavy atom. The molecule has 9 heteroatoms. The molecule has 0 unspecified atom stereocenters. The van der Waals surface area contributed by atoms with Crippen LogP contribution in [0.4, 0.5) is 13.2 Å². The molecule has 2 aromatic heterocycles. The van der Waals surface area contributed by atoms with E-state index in [1.54, 1.807) is 18.2 Å². The van der Waals surface area contributed by atoms with E-state index in [2.05, 4.69) is 31.0 Å². The van der Waals surface area contributed by atoms with Gasteiger partial charge in [0.25, 0.3) is 5.91 Å². The van der Waals surface area contributed by atoms with Gasteiger partial charge in [-0.2, -0.15) is 13.2 Å². The van der Waals surface area contributed by atoms with Crippen LogP contribution in [0.1, 0.15) is 15.2 Å². The highest BCUT2D eigenvalue weighted by molar-refractivity contribution is 9.11. The van der Waals surface area contributed by atoms with Crippen molar-refractivity contribution in [1.82, 2.24) is 10.3 Å². The summed E-state index contributed by atoms with van der Waals surface area (Å²) in [6.45, 7) is -1.24. The lowest BCUT2D eigenvalue weighted by molar-refractivity contribution is -0.154. The van der Waals surface area contributed by atoms with Crippen LogP contribution >= 0.6 is 27.3 Å². The third-order valence-electron chi connectivity index (χ3n) is 2.43. The second-order valence-electron chi connectivity index (χ2n) is 4.19. The van der Waals surface area contributed by atoms with Crippen LogP contribution in [0.2, 0.25) is 0 Å². The van der Waals surface area contributed by atoms with Gasteiger partial charge in [-0.25, -0.2) is 4.98 Å². The predicted octanol–water partition coefficient (Wildman–Crippen LogP) is 3.78. The Kier molecular flexibility index (Phi) is 5.41. The minimum absolute atomic E-state index is 0.136. The van der Waals surface area contributed by atoms with Crippen LogP contribution in [0.5, 0.6) is 5.88 Å². The van der Waals surface area contributed by atoms with Crippen molar-refractivity contribution < 1.29 is 22.7 Å². The summed E-state index contributed by atoms with van der Waals surface area (Å²) in [5, 5.41) is 2.67. The molecule has 1 amide bonds. The average molecular weight is 395 g/mol. The Hall–Kier alpha value is -1.61. The number of carbonyl (C=O) groups is 1. The highest BCUT2D eigenvalue weighted by atomic mass is 79.9. The van der Waals surface area contributed by atoms with E-state index < -0.39 is 12.8 Å². The lowest BCUT2D eigenvalue weighted by atomic mass is 10.2. The largest absolute Gasteiger partial charge is 0.468 e. The summed E-state index contributed by atoms with van der Waals surface area (Å²) < 4.78 is 41.6. The first-order valence-electron chi connectivity index (χ1n) is 6.01. The number of nitrogens with one attached hydrogen (secondary N) is 1. The smallest absolute Gasteiger partial charge is 0.422 e. The number of aromatic nitrogens is 1. The molecule has 2 rings (SSSR count). The highest BCUT2D eigenvalue weighted by Gasteiger charge is 2.28. The first-order chi connectivity index (χ1) is 10.3. The van der Waals surface area contributed by atoms with Gasteiger partial charge >= 0.3 is 6.18 Å². The fourth-order valence-electron chi connectivity index (χ4n) is 1.50. The molecule has 1 N–H and O–H groups in total. The third-order valence-corrected chi connectivity index (χ3v) is 4.06. The molecule has 118 valence electrons. The van der Waals surface area contributed by atoms with Crippen molar-refractivity contribution >= 4 is 33.2 Å². The van der Waals surface area contributed by atoms with Crippen LogP contribution in [-0.4, -0.2) is 23.7 Å². The molecule has 2 aromatic rings. The van der Waals surface area contributed by atoms with E-state index in [1.807, 2.05) is 0 Å². The number of halogens is 4. The summed E-state index contributed by atoms with van der Waals surface area (Å²) in [6, 6.07) is 6.38. The summed E-state index contributed by atoms with van der Waals surface area (Å²) in [4.78, 5) is 16.1. The van der Waals surface area contributed by atoms with Gasteiger partial charge in [0.2, 0.25) is 5.88 Å². The zero-order valence-corrected chi connectivity index (χ0v) is 13.4. The number of nitrogens with zero attached hydrogens (tertiary/aromatic N) is 1. The molecule has 0 spiro atoms. The first-order valence-corrected chi connectivity index (χ1v) is 7.62. The van der Waals surface area contributed by atoms with E-state index in [9.17, 15) is 18.0 Å². The number of amides is 1. The van der Waals surface area contributed by atoms with Crippen LogP contribution in [0.25, 0.3) is 0 Å². The summed E-state index contributed by atoms with van der Waals surface area (Å²) >= 11 is 4.55. The van der Waals surface area contributed by atoms with Gasteiger partial charge in [-0.1, -0.05) is 0 Å². The summed E-state index contributed by atoms with van der Waals surface area (Å²) in [5.41, 5.74) is 0.594. The van der Waals surface area contributed by atoms with E-state index >= 15 is 0 Å². The van der Waals surface area contributed by atoms with Gasteiger partial charge in [0.05, 0.1) is 8.66 Å². The molecule has 0 radical (unpaired) electrons. The fraction of sp³-hybridized carbons (Fsp3) is 0.231. The van der Waals surface area contributed by atoms with Gasteiger partial charge in [0.1, 0.15) is 0 Å². The maximum Gasteiger partial charge on any atom is 0.422 e. The SMILES string of the molecule is O=C(NCc1ccnc(OCC(F)(F)F)c1)c1ccc(Br)s1. The molecule has 0 aliphatic rings. The monoisotopic (exact) mass is 394 g/mol. The average Bonchev–Trinajstić information content (AvgIpc) is 2.89. The van der Waals surface area contributed by atoms with Crippen LogP contribution in [0, 0.1) is 0 Å². The van der Waals surface area contributed by atoms with Crippen LogP contribution in [-0.2, 0) is 6.54 Å². The Morgan fingerprint density at radius 2 is 2.14 bits per heavy atom. The van der Waals surface area contributed by atoms with Gasteiger partial charge in [-0.15, -0.1) is 11.3 Å². The Morgan fingerprint density at radius 1 is 1.36 bits per heavy atom. The van der Waals surface area contributed by atoms with Crippen molar-refractivity contribution in [3.05, 3.63) is 44.7 Å². The summed E-state index contributed by atoms with van der Waals surface area (Å²) in [6.07, 6.45) is -3.09. The number of hydrogen-bond donors (Lipinski definition) is 1. The normalized spacial score (nSPS) is 11.3. The molecular weight excluding hydrogens is 385 g/mol. The fourth-order valence-corrected chi connectivity index (χ4v) is 2.80. The minimum Gasteiger partial charge on any atom is -0.468 e. The second kappa shape index (κ2) is 7.10. The number of carbonyl (C=O) groups excluding carboxylic acids is 1. The van der Waals surface area contributed by atoms with Crippen molar-refractivity contribution in [3.63, 3.8) is 0 Å². The molecule has 0 saturated carbocycles. The van der Waals surface area contributed by atoms with Gasteiger partial charge in [0, 0.05) is 18.8 Å². The quantitative estimate of drug-likeness (QED) is 0.839. The number of thiophene rings is 1. The van der Waals surface area contributed by atoms with E-state index in [-0.39, 0.29) is 18.3 Å². The van der Waals surface area contributed by atoms with Crippen LogP contribution < -0.4 is 10.1 Å². The lowest BCUT2D eigenvalue weighted by Gasteiger charge is -2.09. The molecule has 0 aromatic carbocycles. The second-order valence-corrected chi connectivity index (χ2v) is 6.66. The van der Waals surface area contributed by atoms with E-state index in [4.69, 9.17) is 0 Å². The van der Waals surface area contributed by atoms with Gasteiger partial charge in [0.15, 0.2) is 6.61 Å². The lowest BCUT2D eigenvalue weighted by Crippen LogP contribution is -2.22. The van der Waals surface area contributed by atoms with E-state index in [0.717, 1.165) is 3.79 Å². The molecule has 4 nitrogen and oxygen atoms in total. The number of pyridine rings is 1. The topological polar surface area (TPSA) is 51.2 Å². The molecule has 0 aliphatic heterocycles. The Bertz CT molecular complexity index is 661. The summed E-state index contributed by atoms with van der Waals surface area (Å²) in [5.74, 6) is -0.395. The van der Waals surface area contributed by atoms with Gasteiger partial charge < -0.3 is 10.1 Å². The molecule has 0 bridgehead atoms. The predicted molar refractivity (Wildman–Crippen MR) is 79.0 cm³/mol. The van der Waals surface area contributed by atoms with Gasteiger partial charge in [-0.05, 0) is 39.7 Å². The van der Waals surface area contributed by atoms with Crippen molar-refractivity contribution in [1.29, 1.82) is 0 Å². The van der Waals surface area contributed by atoms with E-state index in [1.165, 1.54) is 23.6 Å². The standard InChI is InChI=1S/C13H10BrF3N2O2S/c14-10-2-1-9(22-10)12(20)19-6-8-3-4-18-11(5-8)21-7-13(15,16)17/h1-5H,6-7H2,(H,19,20). The van der Waals surface area contributed by atoms with Gasteiger partial charge in [-0.3, -0.25) is 4.79 Å². The Balaban J connectivity index is 1.91. The third kappa shape index (κ3) is 5.30. The molecule has 0 saturated heterocycles. The van der Waals surface area contributed by atoms with Crippen molar-refractivity contribution in [2.24, 2.45) is 0 Å². The van der Waals surface area contributed by atoms with E-state index in [0.29, 0.717) is 10.4 Å².